The molecule has 1 aromatic rings. The average Bonchev–Trinajstić information content (AvgIpc) is 3.28. The molecule has 2 fully saturated rings. The van der Waals surface area contributed by atoms with Crippen LogP contribution in [-0.2, 0) is 22.4 Å². The van der Waals surface area contributed by atoms with E-state index in [0.29, 0.717) is 38.5 Å². The van der Waals surface area contributed by atoms with Crippen LogP contribution >= 0.6 is 0 Å². The second-order valence-corrected chi connectivity index (χ2v) is 6.73. The van der Waals surface area contributed by atoms with Gasteiger partial charge in [-0.25, -0.2) is 0 Å². The maximum atomic E-state index is 13.0. The highest BCUT2D eigenvalue weighted by atomic mass is 16.5. The van der Waals surface area contributed by atoms with E-state index in [2.05, 4.69) is 5.16 Å². The fourth-order valence-electron chi connectivity index (χ4n) is 3.95. The molecular weight excluding hydrogens is 310 g/mol. The van der Waals surface area contributed by atoms with Crippen LogP contribution in [0.15, 0.2) is 4.52 Å². The van der Waals surface area contributed by atoms with Gasteiger partial charge in [-0.1, -0.05) is 5.16 Å². The number of likely N-dealkylation sites (tertiary alicyclic amines) is 1. The molecule has 2 saturated heterocycles. The van der Waals surface area contributed by atoms with Crippen LogP contribution in [0.2, 0.25) is 0 Å². The maximum absolute atomic E-state index is 13.0. The number of rotatable bonds is 2. The number of morpholine rings is 1. The number of ether oxygens (including phenoxy) is 1. The van der Waals surface area contributed by atoms with Crippen molar-refractivity contribution in [1.82, 2.24) is 15.0 Å². The lowest BCUT2D eigenvalue weighted by atomic mass is 9.96. The predicted molar refractivity (Wildman–Crippen MR) is 84.6 cm³/mol. The van der Waals surface area contributed by atoms with Crippen molar-refractivity contribution in [2.75, 3.05) is 32.8 Å². The number of amides is 2. The smallest absolute Gasteiger partial charge is 0.277 e. The zero-order chi connectivity index (χ0) is 16.5. The third-order valence-corrected chi connectivity index (χ3v) is 5.27. The van der Waals surface area contributed by atoms with Gasteiger partial charge in [0, 0.05) is 31.6 Å². The average molecular weight is 333 g/mol. The highest BCUT2D eigenvalue weighted by Crippen LogP contribution is 2.28. The van der Waals surface area contributed by atoms with E-state index in [1.807, 2.05) is 4.90 Å². The Hall–Kier alpha value is -1.89. The van der Waals surface area contributed by atoms with Crippen molar-refractivity contribution in [3.8, 4) is 0 Å². The molecule has 0 bridgehead atoms. The van der Waals surface area contributed by atoms with E-state index < -0.39 is 0 Å². The second kappa shape index (κ2) is 6.55. The van der Waals surface area contributed by atoms with Crippen molar-refractivity contribution >= 4 is 11.8 Å². The second-order valence-electron chi connectivity index (χ2n) is 6.73. The van der Waals surface area contributed by atoms with Crippen LogP contribution in [0.25, 0.3) is 0 Å². The molecule has 0 radical (unpaired) electrons. The van der Waals surface area contributed by atoms with Crippen LogP contribution in [0.3, 0.4) is 0 Å². The van der Waals surface area contributed by atoms with Gasteiger partial charge in [-0.05, 0) is 32.1 Å². The Balaban J connectivity index is 1.53. The minimum atomic E-state index is -0.369. The summed E-state index contributed by atoms with van der Waals surface area (Å²) in [6.07, 6.45) is 5.42. The van der Waals surface area contributed by atoms with Gasteiger partial charge >= 0.3 is 0 Å². The van der Waals surface area contributed by atoms with E-state index in [1.54, 1.807) is 4.90 Å². The molecule has 0 unspecified atom stereocenters. The van der Waals surface area contributed by atoms with Gasteiger partial charge in [0.2, 0.25) is 5.91 Å². The number of fused-ring (bicyclic) bond motifs is 1. The summed E-state index contributed by atoms with van der Waals surface area (Å²) < 4.78 is 10.7. The normalized spacial score (nSPS) is 24.1. The van der Waals surface area contributed by atoms with Gasteiger partial charge < -0.3 is 19.1 Å². The molecule has 2 amide bonds. The zero-order valence-corrected chi connectivity index (χ0v) is 13.8. The molecule has 0 N–H and O–H groups in total. The van der Waals surface area contributed by atoms with Gasteiger partial charge in [-0.3, -0.25) is 9.59 Å². The van der Waals surface area contributed by atoms with E-state index in [0.717, 1.165) is 49.8 Å². The molecule has 130 valence electrons. The van der Waals surface area contributed by atoms with Gasteiger partial charge in [-0.15, -0.1) is 0 Å². The number of nitrogens with zero attached hydrogens (tertiary/aromatic N) is 3. The Morgan fingerprint density at radius 3 is 2.67 bits per heavy atom. The first-order chi connectivity index (χ1) is 11.8. The number of aromatic nitrogens is 1. The first-order valence-electron chi connectivity index (χ1n) is 8.90. The van der Waals surface area contributed by atoms with Crippen LogP contribution in [0, 0.1) is 0 Å². The lowest BCUT2D eigenvalue weighted by molar-refractivity contribution is -0.139. The Bertz CT molecular complexity index is 636. The monoisotopic (exact) mass is 333 g/mol. The summed E-state index contributed by atoms with van der Waals surface area (Å²) in [4.78, 5) is 29.3. The summed E-state index contributed by atoms with van der Waals surface area (Å²) in [6.45, 7) is 2.97. The predicted octanol–water partition coefficient (Wildman–Crippen LogP) is 1.02. The summed E-state index contributed by atoms with van der Waals surface area (Å²) in [7, 11) is 0. The quantitative estimate of drug-likeness (QED) is 0.807. The molecule has 7 nitrogen and oxygen atoms in total. The molecule has 1 atom stereocenters. The van der Waals surface area contributed by atoms with Gasteiger partial charge in [0.1, 0.15) is 11.8 Å². The molecule has 2 aliphatic heterocycles. The van der Waals surface area contributed by atoms with Crippen LogP contribution in [0.1, 0.15) is 47.5 Å². The molecule has 3 aliphatic rings. The van der Waals surface area contributed by atoms with Crippen molar-refractivity contribution in [2.24, 2.45) is 0 Å². The topological polar surface area (TPSA) is 75.9 Å². The number of carbonyl (C=O) groups excluding carboxylic acids is 2. The number of hydrogen-bond donors (Lipinski definition) is 0. The van der Waals surface area contributed by atoms with Gasteiger partial charge in [0.25, 0.3) is 5.91 Å². The third-order valence-electron chi connectivity index (χ3n) is 5.27. The zero-order valence-electron chi connectivity index (χ0n) is 13.8. The van der Waals surface area contributed by atoms with Crippen LogP contribution in [-0.4, -0.2) is 65.7 Å². The van der Waals surface area contributed by atoms with Crippen molar-refractivity contribution in [3.05, 3.63) is 17.0 Å². The van der Waals surface area contributed by atoms with Crippen molar-refractivity contribution in [1.29, 1.82) is 0 Å². The number of aryl methyl sites for hydroxylation is 1. The minimum absolute atomic E-state index is 0.0431. The highest BCUT2D eigenvalue weighted by Gasteiger charge is 2.39. The minimum Gasteiger partial charge on any atom is -0.378 e. The van der Waals surface area contributed by atoms with E-state index >= 15 is 0 Å². The van der Waals surface area contributed by atoms with E-state index in [4.69, 9.17) is 9.26 Å². The molecule has 24 heavy (non-hydrogen) atoms. The van der Waals surface area contributed by atoms with E-state index in [9.17, 15) is 9.59 Å². The summed E-state index contributed by atoms with van der Waals surface area (Å²) in [5.74, 6) is 0.743. The lowest BCUT2D eigenvalue weighted by Crippen LogP contribution is -2.51. The van der Waals surface area contributed by atoms with Gasteiger partial charge in [0.15, 0.2) is 5.69 Å². The number of carbonyl (C=O) groups is 2. The maximum Gasteiger partial charge on any atom is 0.277 e. The van der Waals surface area contributed by atoms with Gasteiger partial charge in [-0.2, -0.15) is 0 Å². The van der Waals surface area contributed by atoms with Crippen LogP contribution < -0.4 is 0 Å². The fourth-order valence-corrected chi connectivity index (χ4v) is 3.95. The molecular formula is C17H23N3O4. The lowest BCUT2D eigenvalue weighted by Gasteiger charge is -2.32. The summed E-state index contributed by atoms with van der Waals surface area (Å²) in [5.41, 5.74) is 1.38. The molecule has 0 spiro atoms. The Labute approximate surface area is 140 Å². The summed E-state index contributed by atoms with van der Waals surface area (Å²) in [6, 6.07) is -0.369. The SMILES string of the molecule is O=C([C@@H]1CCCN1C(=O)c1noc2c1CCCC2)N1CCOCC1. The molecule has 7 heteroatoms. The standard InChI is InChI=1S/C17H23N3O4/c21-16(19-8-10-23-11-9-19)13-5-3-7-20(13)17(22)15-12-4-1-2-6-14(12)24-18-15/h13H,1-11H2/t13-/m0/s1. The first kappa shape index (κ1) is 15.6. The van der Waals surface area contributed by atoms with Crippen molar-refractivity contribution in [3.63, 3.8) is 0 Å². The van der Waals surface area contributed by atoms with E-state index in [-0.39, 0.29) is 17.9 Å². The molecule has 4 rings (SSSR count). The summed E-state index contributed by atoms with van der Waals surface area (Å²) in [5, 5.41) is 4.04. The number of hydrogen-bond acceptors (Lipinski definition) is 5. The molecule has 1 aliphatic carbocycles. The van der Waals surface area contributed by atoms with Crippen molar-refractivity contribution < 1.29 is 18.8 Å². The molecule has 1 aromatic heterocycles. The van der Waals surface area contributed by atoms with Crippen molar-refractivity contribution in [2.45, 2.75) is 44.6 Å². The Morgan fingerprint density at radius 1 is 1.04 bits per heavy atom. The molecule has 3 heterocycles. The van der Waals surface area contributed by atoms with Crippen LogP contribution in [0.5, 0.6) is 0 Å². The Morgan fingerprint density at radius 2 is 1.83 bits per heavy atom. The fraction of sp³-hybridized carbons (Fsp3) is 0.706. The Kier molecular flexibility index (Phi) is 4.26. The van der Waals surface area contributed by atoms with Gasteiger partial charge in [0.05, 0.1) is 13.2 Å². The first-order valence-corrected chi connectivity index (χ1v) is 8.90. The largest absolute Gasteiger partial charge is 0.378 e. The van der Waals surface area contributed by atoms with Crippen LogP contribution in [0.4, 0.5) is 0 Å². The third kappa shape index (κ3) is 2.70. The summed E-state index contributed by atoms with van der Waals surface area (Å²) >= 11 is 0. The molecule has 0 saturated carbocycles. The highest BCUT2D eigenvalue weighted by molar-refractivity contribution is 5.97. The molecule has 0 aromatic carbocycles. The van der Waals surface area contributed by atoms with E-state index in [1.165, 1.54) is 0 Å².